The van der Waals surface area contributed by atoms with Crippen molar-refractivity contribution in [1.29, 1.82) is 0 Å². The quantitative estimate of drug-likeness (QED) is 0.790. The van der Waals surface area contributed by atoms with E-state index in [1.165, 1.54) is 11.3 Å². The minimum atomic E-state index is -3.71. The smallest absolute Gasteiger partial charge is 0.238 e. The van der Waals surface area contributed by atoms with Crippen molar-refractivity contribution in [1.82, 2.24) is 0 Å². The molecule has 2 rings (SSSR count). The first-order valence-electron chi connectivity index (χ1n) is 7.03. The van der Waals surface area contributed by atoms with Crippen LogP contribution in [-0.2, 0) is 14.4 Å². The van der Waals surface area contributed by atoms with E-state index in [1.807, 2.05) is 24.3 Å². The molecule has 0 fully saturated rings. The molecular formula is C15H21NO4S2Si. The highest BCUT2D eigenvalue weighted by Gasteiger charge is 2.26. The monoisotopic (exact) mass is 371 g/mol. The van der Waals surface area contributed by atoms with Crippen LogP contribution in [0.2, 0.25) is 19.6 Å². The third-order valence-electron chi connectivity index (χ3n) is 3.07. The summed E-state index contributed by atoms with van der Waals surface area (Å²) in [5.41, 5.74) is 0.955. The number of nitrogens with two attached hydrogens (primary N) is 1. The Morgan fingerprint density at radius 2 is 1.78 bits per heavy atom. The third-order valence-corrected chi connectivity index (χ3v) is 6.03. The summed E-state index contributed by atoms with van der Waals surface area (Å²) >= 11 is 1.34. The minimum Gasteiger partial charge on any atom is -0.497 e. The number of sulfonamides is 1. The predicted molar refractivity (Wildman–Crippen MR) is 95.0 cm³/mol. The van der Waals surface area contributed by atoms with Gasteiger partial charge in [-0.3, -0.25) is 0 Å². The summed E-state index contributed by atoms with van der Waals surface area (Å²) in [4.78, 5) is 0.941. The second-order valence-corrected chi connectivity index (χ2v) is 13.1. The number of ether oxygens (including phenoxy) is 1. The normalized spacial score (nSPS) is 13.8. The van der Waals surface area contributed by atoms with Crippen molar-refractivity contribution in [3.63, 3.8) is 0 Å². The van der Waals surface area contributed by atoms with Crippen molar-refractivity contribution >= 4 is 29.7 Å². The fourth-order valence-corrected chi connectivity index (χ4v) is 4.97. The number of hydrogen-bond donors (Lipinski definition) is 1. The molecule has 23 heavy (non-hydrogen) atoms. The second kappa shape index (κ2) is 6.74. The molecular weight excluding hydrogens is 350 g/mol. The molecule has 2 N–H and O–H groups in total. The zero-order chi connectivity index (χ0) is 17.3. The van der Waals surface area contributed by atoms with Gasteiger partial charge >= 0.3 is 0 Å². The van der Waals surface area contributed by atoms with Crippen LogP contribution in [0.5, 0.6) is 5.75 Å². The van der Waals surface area contributed by atoms with E-state index in [0.29, 0.717) is 0 Å². The highest BCUT2D eigenvalue weighted by Crippen LogP contribution is 2.35. The Morgan fingerprint density at radius 1 is 1.17 bits per heavy atom. The molecule has 0 radical (unpaired) electrons. The zero-order valence-electron chi connectivity index (χ0n) is 13.6. The summed E-state index contributed by atoms with van der Waals surface area (Å²) < 4.78 is 34.5. The summed E-state index contributed by atoms with van der Waals surface area (Å²) in [5.74, 6) is 0.761. The summed E-state index contributed by atoms with van der Waals surface area (Å²) in [6, 6.07) is 9.18. The molecule has 1 aromatic heterocycles. The van der Waals surface area contributed by atoms with Crippen LogP contribution < -0.4 is 9.88 Å². The third kappa shape index (κ3) is 4.89. The van der Waals surface area contributed by atoms with Gasteiger partial charge in [-0.05, 0) is 43.4 Å². The molecule has 2 aromatic rings. The molecule has 0 saturated heterocycles. The Bertz CT molecular complexity index is 764. The Balaban J connectivity index is 2.43. The number of thiophene rings is 1. The van der Waals surface area contributed by atoms with E-state index in [-0.39, 0.29) is 11.0 Å². The number of rotatable bonds is 6. The van der Waals surface area contributed by atoms with E-state index in [2.05, 4.69) is 19.6 Å². The molecule has 126 valence electrons. The van der Waals surface area contributed by atoms with Gasteiger partial charge in [0.15, 0.2) is 8.32 Å². The van der Waals surface area contributed by atoms with Crippen molar-refractivity contribution in [3.8, 4) is 5.75 Å². The van der Waals surface area contributed by atoms with Gasteiger partial charge in [0, 0.05) is 10.3 Å². The highest BCUT2D eigenvalue weighted by molar-refractivity contribution is 7.89. The first-order chi connectivity index (χ1) is 10.6. The molecule has 0 aliphatic carbocycles. The first-order valence-corrected chi connectivity index (χ1v) is 12.9. The SMILES string of the molecule is COc1ccc(C(O[Si](C)(C)C)c2cc(S(N)(=O)=O)cs2)cc1. The molecule has 8 heteroatoms. The molecule has 0 amide bonds. The van der Waals surface area contributed by atoms with Crippen LogP contribution in [0.25, 0.3) is 0 Å². The molecule has 0 bridgehead atoms. The molecule has 5 nitrogen and oxygen atoms in total. The van der Waals surface area contributed by atoms with Crippen LogP contribution in [0.4, 0.5) is 0 Å². The number of methoxy groups -OCH3 is 1. The van der Waals surface area contributed by atoms with E-state index in [1.54, 1.807) is 18.6 Å². The summed E-state index contributed by atoms with van der Waals surface area (Å²) in [7, 11) is -3.94. The van der Waals surface area contributed by atoms with Crippen LogP contribution in [0.15, 0.2) is 40.6 Å². The van der Waals surface area contributed by atoms with Gasteiger partial charge in [0.2, 0.25) is 10.0 Å². The summed E-state index contributed by atoms with van der Waals surface area (Å²) in [6.07, 6.45) is -0.312. The molecule has 1 heterocycles. The van der Waals surface area contributed by atoms with E-state index in [9.17, 15) is 8.42 Å². The van der Waals surface area contributed by atoms with E-state index < -0.39 is 18.3 Å². The maximum Gasteiger partial charge on any atom is 0.238 e. The van der Waals surface area contributed by atoms with E-state index >= 15 is 0 Å². The van der Waals surface area contributed by atoms with Crippen LogP contribution >= 0.6 is 11.3 Å². The van der Waals surface area contributed by atoms with Gasteiger partial charge in [-0.15, -0.1) is 11.3 Å². The van der Waals surface area contributed by atoms with Gasteiger partial charge in [0.25, 0.3) is 0 Å². The molecule has 0 aliphatic rings. The van der Waals surface area contributed by atoms with Gasteiger partial charge in [-0.25, -0.2) is 13.6 Å². The van der Waals surface area contributed by atoms with Crippen LogP contribution in [-0.4, -0.2) is 23.8 Å². The van der Waals surface area contributed by atoms with Crippen molar-refractivity contribution in [2.24, 2.45) is 5.14 Å². The average molecular weight is 372 g/mol. The maximum atomic E-state index is 11.5. The lowest BCUT2D eigenvalue weighted by molar-refractivity contribution is 0.243. The van der Waals surface area contributed by atoms with Gasteiger partial charge in [0.05, 0.1) is 12.0 Å². The highest BCUT2D eigenvalue weighted by atomic mass is 32.2. The van der Waals surface area contributed by atoms with Crippen LogP contribution in [0.1, 0.15) is 16.5 Å². The van der Waals surface area contributed by atoms with Crippen molar-refractivity contribution in [2.45, 2.75) is 30.6 Å². The van der Waals surface area contributed by atoms with Crippen LogP contribution in [0, 0.1) is 0 Å². The van der Waals surface area contributed by atoms with Crippen LogP contribution in [0.3, 0.4) is 0 Å². The maximum absolute atomic E-state index is 11.5. The molecule has 0 spiro atoms. The van der Waals surface area contributed by atoms with Crippen molar-refractivity contribution < 1.29 is 17.6 Å². The average Bonchev–Trinajstić information content (AvgIpc) is 2.94. The lowest BCUT2D eigenvalue weighted by Gasteiger charge is -2.26. The zero-order valence-corrected chi connectivity index (χ0v) is 16.2. The molecule has 0 aliphatic heterocycles. The van der Waals surface area contributed by atoms with E-state index in [4.69, 9.17) is 14.3 Å². The van der Waals surface area contributed by atoms with Crippen molar-refractivity contribution in [3.05, 3.63) is 46.2 Å². The lowest BCUT2D eigenvalue weighted by atomic mass is 10.1. The topological polar surface area (TPSA) is 78.6 Å². The van der Waals surface area contributed by atoms with Gasteiger partial charge < -0.3 is 9.16 Å². The number of benzene rings is 1. The first kappa shape index (κ1) is 18.1. The molecule has 0 saturated carbocycles. The fraction of sp³-hybridized carbons (Fsp3) is 0.333. The lowest BCUT2D eigenvalue weighted by Crippen LogP contribution is -2.28. The standard InChI is InChI=1S/C15H21NO4S2Si/c1-19-12-7-5-11(6-8-12)15(20-23(2,3)4)14-9-13(10-21-14)22(16,17)18/h5-10,15H,1-4H3,(H2,16,17,18). The fourth-order valence-electron chi connectivity index (χ4n) is 2.04. The Morgan fingerprint density at radius 3 is 2.22 bits per heavy atom. The van der Waals surface area contributed by atoms with Gasteiger partial charge in [-0.2, -0.15) is 0 Å². The molecule has 1 atom stereocenters. The van der Waals surface area contributed by atoms with Crippen molar-refractivity contribution in [2.75, 3.05) is 7.11 Å². The molecule has 1 unspecified atom stereocenters. The second-order valence-electron chi connectivity index (χ2n) is 6.11. The summed E-state index contributed by atoms with van der Waals surface area (Å²) in [5, 5.41) is 6.75. The summed E-state index contributed by atoms with van der Waals surface area (Å²) in [6.45, 7) is 6.28. The Kier molecular flexibility index (Phi) is 5.32. The Hall–Kier alpha value is -1.19. The van der Waals surface area contributed by atoms with Gasteiger partial charge in [0.1, 0.15) is 11.9 Å². The number of primary sulfonamides is 1. The number of hydrogen-bond acceptors (Lipinski definition) is 5. The largest absolute Gasteiger partial charge is 0.497 e. The predicted octanol–water partition coefficient (Wildman–Crippen LogP) is 3.35. The minimum absolute atomic E-state index is 0.121. The van der Waals surface area contributed by atoms with E-state index in [0.717, 1.165) is 16.2 Å². The Labute approximate surface area is 142 Å². The molecule has 1 aromatic carbocycles. The van der Waals surface area contributed by atoms with Gasteiger partial charge in [-0.1, -0.05) is 12.1 Å².